The van der Waals surface area contributed by atoms with Crippen LogP contribution in [0.15, 0.2) is 53.3 Å². The lowest BCUT2D eigenvalue weighted by Gasteiger charge is -2.39. The number of aromatic nitrogens is 1. The molecule has 54 heavy (non-hydrogen) atoms. The van der Waals surface area contributed by atoms with Crippen molar-refractivity contribution >= 4 is 28.6 Å². The largest absolute Gasteiger partial charge is 0.468 e. The molecule has 2 aliphatic rings. The highest BCUT2D eigenvalue weighted by Gasteiger charge is 2.46. The molecule has 2 aliphatic heterocycles. The Morgan fingerprint density at radius 3 is 2.39 bits per heavy atom. The highest BCUT2D eigenvalue weighted by molar-refractivity contribution is 5.90. The topological polar surface area (TPSA) is 155 Å². The Balaban J connectivity index is 1.48. The average Bonchev–Trinajstić information content (AvgIpc) is 3.81. The van der Waals surface area contributed by atoms with Gasteiger partial charge in [0.2, 0.25) is 17.7 Å². The third-order valence-electron chi connectivity index (χ3n) is 11.5. The molecule has 0 radical (unpaired) electrons. The fraction of sp³-hybridized carbons (Fsp3) is 0.659. The van der Waals surface area contributed by atoms with E-state index in [1.54, 1.807) is 32.3 Å². The zero-order chi connectivity index (χ0) is 39.7. The molecule has 1 aromatic heterocycles. The molecule has 13 nitrogen and oxygen atoms in total. The van der Waals surface area contributed by atoms with E-state index in [2.05, 4.69) is 44.9 Å². The van der Waals surface area contributed by atoms with E-state index in [-0.39, 0.29) is 47.4 Å². The Morgan fingerprint density at radius 1 is 1.06 bits per heavy atom. The van der Waals surface area contributed by atoms with Gasteiger partial charge in [-0.25, -0.2) is 0 Å². The molecule has 13 heteroatoms. The number of benzene rings is 1. The SMILES string of the molecule is CC[C@H](C)C([C@H]1CC(N2CCC[C@H]2[C@H](OC)[C@@H](C)C(=O)NCCc2cccc3cccnc23)=C(N=O)O1)N(C)C(=O)[C@@H](NC(=O)[C@@H](NC)C(C)C)C(C)C. The molecule has 1 unspecified atom stereocenters. The Bertz CT molecular complexity index is 1630. The molecule has 3 N–H and O–H groups in total. The zero-order valence-electron chi connectivity index (χ0n) is 33.9. The van der Waals surface area contributed by atoms with Gasteiger partial charge in [0.15, 0.2) is 0 Å². The van der Waals surface area contributed by atoms with Crippen molar-refractivity contribution in [2.45, 2.75) is 117 Å². The number of hydrogen-bond acceptors (Lipinski definition) is 10. The van der Waals surface area contributed by atoms with Crippen molar-refractivity contribution in [1.29, 1.82) is 0 Å². The van der Waals surface area contributed by atoms with Crippen molar-refractivity contribution in [3.8, 4) is 0 Å². The summed E-state index contributed by atoms with van der Waals surface area (Å²) in [4.78, 5) is 61.7. The minimum Gasteiger partial charge on any atom is -0.468 e. The van der Waals surface area contributed by atoms with E-state index < -0.39 is 36.3 Å². The van der Waals surface area contributed by atoms with Crippen LogP contribution in [0.4, 0.5) is 0 Å². The number of fused-ring (bicyclic) bond motifs is 1. The Kier molecular flexibility index (Phi) is 15.4. The maximum absolute atomic E-state index is 14.2. The van der Waals surface area contributed by atoms with Gasteiger partial charge in [0.05, 0.1) is 41.4 Å². The van der Waals surface area contributed by atoms with Crippen LogP contribution in [0, 0.1) is 28.6 Å². The van der Waals surface area contributed by atoms with Crippen LogP contribution in [-0.2, 0) is 30.3 Å². The molecule has 1 aromatic carbocycles. The van der Waals surface area contributed by atoms with Crippen molar-refractivity contribution in [2.24, 2.45) is 28.8 Å². The summed E-state index contributed by atoms with van der Waals surface area (Å²) >= 11 is 0. The summed E-state index contributed by atoms with van der Waals surface area (Å²) in [6.07, 6.45) is 4.18. The number of ether oxygens (including phenoxy) is 2. The van der Waals surface area contributed by atoms with Crippen LogP contribution in [0.2, 0.25) is 0 Å². The molecule has 3 amide bonds. The van der Waals surface area contributed by atoms with Gasteiger partial charge in [-0.2, -0.15) is 0 Å². The number of likely N-dealkylation sites (N-methyl/N-ethyl adjacent to an activating group) is 2. The van der Waals surface area contributed by atoms with Gasteiger partial charge in [-0.3, -0.25) is 19.4 Å². The molecule has 8 atom stereocenters. The first-order valence-electron chi connectivity index (χ1n) is 19.7. The average molecular weight is 750 g/mol. The van der Waals surface area contributed by atoms with Crippen LogP contribution >= 0.6 is 0 Å². The number of hydrogen-bond donors (Lipinski definition) is 3. The van der Waals surface area contributed by atoms with Crippen molar-refractivity contribution in [1.82, 2.24) is 30.7 Å². The second-order valence-corrected chi connectivity index (χ2v) is 15.7. The van der Waals surface area contributed by atoms with Gasteiger partial charge in [-0.1, -0.05) is 79.2 Å². The number of rotatable bonds is 19. The Labute approximate surface area is 321 Å². The first-order chi connectivity index (χ1) is 25.8. The smallest absolute Gasteiger partial charge is 0.275 e. The predicted molar refractivity (Wildman–Crippen MR) is 211 cm³/mol. The van der Waals surface area contributed by atoms with Crippen LogP contribution < -0.4 is 16.0 Å². The second kappa shape index (κ2) is 19.5. The predicted octanol–water partition coefficient (Wildman–Crippen LogP) is 4.99. The number of amides is 3. The number of methoxy groups -OCH3 is 1. The lowest BCUT2D eigenvalue weighted by Crippen LogP contribution is -2.59. The molecule has 2 aromatic rings. The second-order valence-electron chi connectivity index (χ2n) is 15.7. The first-order valence-corrected chi connectivity index (χ1v) is 19.7. The van der Waals surface area contributed by atoms with Gasteiger partial charge in [0.1, 0.15) is 12.1 Å². The number of carbonyl (C=O) groups excluding carboxylic acids is 3. The van der Waals surface area contributed by atoms with Crippen LogP contribution in [0.25, 0.3) is 10.9 Å². The van der Waals surface area contributed by atoms with Crippen molar-refractivity contribution in [3.63, 3.8) is 0 Å². The van der Waals surface area contributed by atoms with Gasteiger partial charge in [0.25, 0.3) is 5.88 Å². The van der Waals surface area contributed by atoms with E-state index in [1.807, 2.05) is 65.0 Å². The van der Waals surface area contributed by atoms with E-state index in [9.17, 15) is 19.3 Å². The fourth-order valence-electron chi connectivity index (χ4n) is 8.33. The summed E-state index contributed by atoms with van der Waals surface area (Å²) in [7, 11) is 5.12. The molecule has 0 spiro atoms. The van der Waals surface area contributed by atoms with Crippen LogP contribution in [0.5, 0.6) is 0 Å². The highest BCUT2D eigenvalue weighted by Crippen LogP contribution is 2.39. The molecule has 3 heterocycles. The van der Waals surface area contributed by atoms with Crippen molar-refractivity contribution < 1.29 is 23.9 Å². The molecule has 0 aliphatic carbocycles. The van der Waals surface area contributed by atoms with Crippen LogP contribution in [-0.4, -0.2) is 103 Å². The number of carbonyl (C=O) groups is 3. The minimum atomic E-state index is -0.747. The number of para-hydroxylation sites is 1. The number of pyridine rings is 1. The Morgan fingerprint density at radius 2 is 1.76 bits per heavy atom. The van der Waals surface area contributed by atoms with Crippen molar-refractivity contribution in [3.05, 3.63) is 58.6 Å². The van der Waals surface area contributed by atoms with E-state index in [0.29, 0.717) is 31.6 Å². The van der Waals surface area contributed by atoms with Gasteiger partial charge >= 0.3 is 0 Å². The normalized spacial score (nSPS) is 20.7. The number of nitrogens with one attached hydrogen (secondary N) is 3. The quantitative estimate of drug-likeness (QED) is 0.169. The first kappa shape index (κ1) is 42.6. The van der Waals surface area contributed by atoms with Crippen LogP contribution in [0.3, 0.4) is 0 Å². The van der Waals surface area contributed by atoms with Crippen molar-refractivity contribution in [2.75, 3.05) is 34.3 Å². The maximum atomic E-state index is 14.2. The molecule has 0 saturated carbocycles. The molecule has 1 saturated heterocycles. The van der Waals surface area contributed by atoms with Crippen LogP contribution in [0.1, 0.15) is 79.7 Å². The highest BCUT2D eigenvalue weighted by atomic mass is 16.5. The Hall–Kier alpha value is -4.10. The van der Waals surface area contributed by atoms with Gasteiger partial charge < -0.3 is 35.2 Å². The summed E-state index contributed by atoms with van der Waals surface area (Å²) < 4.78 is 12.4. The number of nitrogens with zero attached hydrogens (tertiary/aromatic N) is 4. The zero-order valence-corrected chi connectivity index (χ0v) is 33.9. The fourth-order valence-corrected chi connectivity index (χ4v) is 8.33. The summed E-state index contributed by atoms with van der Waals surface area (Å²) in [6, 6.07) is 8.24. The lowest BCUT2D eigenvalue weighted by molar-refractivity contribution is -0.142. The van der Waals surface area contributed by atoms with E-state index >= 15 is 0 Å². The monoisotopic (exact) mass is 749 g/mol. The summed E-state index contributed by atoms with van der Waals surface area (Å²) in [5.74, 6) is -1.12. The molecular weight excluding hydrogens is 686 g/mol. The lowest BCUT2D eigenvalue weighted by atomic mass is 9.89. The molecule has 4 rings (SSSR count). The van der Waals surface area contributed by atoms with Gasteiger partial charge in [-0.15, -0.1) is 4.91 Å². The molecule has 0 bridgehead atoms. The standard InChI is InChI=1S/C41H63N7O6/c1-11-26(6)36(47(9)41(51)34(25(4)5)45-39(50)33(42-8)24(2)3)32-23-31(40(46-52)54-32)48-22-14-18-30(48)37(53-10)27(7)38(49)44-21-19-29-16-12-15-28-17-13-20-43-35(28)29/h12-13,15-17,20,24-27,30,32-34,36-37,42H,11,14,18-19,21-23H2,1-10H3,(H,44,49)(H,45,50)/t26-,27+,30-,32+,33-,34-,36?,37+/m0/s1. The summed E-state index contributed by atoms with van der Waals surface area (Å²) in [5.41, 5.74) is 2.68. The summed E-state index contributed by atoms with van der Waals surface area (Å²) in [5, 5.41) is 13.6. The van der Waals surface area contributed by atoms with E-state index in [0.717, 1.165) is 35.7 Å². The maximum Gasteiger partial charge on any atom is 0.275 e. The van der Waals surface area contributed by atoms with Gasteiger partial charge in [-0.05, 0) is 55.7 Å². The molecule has 298 valence electrons. The summed E-state index contributed by atoms with van der Waals surface area (Å²) in [6.45, 7) is 14.9. The molecular formula is C41H63N7O6. The number of nitroso groups, excluding NO2 is 1. The van der Waals surface area contributed by atoms with E-state index in [4.69, 9.17) is 9.47 Å². The van der Waals surface area contributed by atoms with Gasteiger partial charge in [0, 0.05) is 50.4 Å². The molecule has 1 fully saturated rings. The number of likely N-dealkylation sites (tertiary alicyclic amines) is 1. The third-order valence-corrected chi connectivity index (χ3v) is 11.5. The third kappa shape index (κ3) is 9.57. The minimum absolute atomic E-state index is 0.00918. The van der Waals surface area contributed by atoms with E-state index in [1.165, 1.54) is 0 Å².